The van der Waals surface area contributed by atoms with Crippen LogP contribution in [0, 0.1) is 5.92 Å². The van der Waals surface area contributed by atoms with Gasteiger partial charge in [-0.05, 0) is 61.4 Å². The summed E-state index contributed by atoms with van der Waals surface area (Å²) in [5.41, 5.74) is 1.73. The van der Waals surface area contributed by atoms with E-state index in [1.807, 2.05) is 0 Å². The largest absolute Gasteiger partial charge is 0.339 e. The van der Waals surface area contributed by atoms with E-state index in [-0.39, 0.29) is 23.5 Å². The first-order chi connectivity index (χ1) is 15.4. The van der Waals surface area contributed by atoms with Gasteiger partial charge < -0.3 is 14.8 Å². The minimum Gasteiger partial charge on any atom is -0.339 e. The molecule has 1 aromatic heterocycles. The maximum atomic E-state index is 12.7. The summed E-state index contributed by atoms with van der Waals surface area (Å²) in [6, 6.07) is 13.6. The number of aryl methyl sites for hydroxylation is 1. The van der Waals surface area contributed by atoms with E-state index in [4.69, 9.17) is 11.6 Å². The average molecular weight is 451 g/mol. The third-order valence-corrected chi connectivity index (χ3v) is 5.94. The number of likely N-dealkylation sites (tertiary alicyclic amines) is 1. The molecule has 2 aromatic carbocycles. The molecule has 32 heavy (non-hydrogen) atoms. The standard InChI is InChI=1S/C24H23ClN4O3/c1-28-15-12-26-22(28)21(30)16-4-8-20(9-5-16)27-23(31)17-10-13-29(14-11-17)24(32)18-2-6-19(25)7-3-18/h2-9,12,15,17H,10-11,13-14H2,1H3,(H,27,31). The Kier molecular flexibility index (Phi) is 6.37. The van der Waals surface area contributed by atoms with Gasteiger partial charge in [-0.25, -0.2) is 4.98 Å². The third kappa shape index (κ3) is 4.73. The summed E-state index contributed by atoms with van der Waals surface area (Å²) in [5, 5.41) is 3.51. The number of nitrogens with zero attached hydrogens (tertiary/aromatic N) is 3. The van der Waals surface area contributed by atoms with Gasteiger partial charge in [0.15, 0.2) is 5.82 Å². The number of halogens is 1. The molecule has 2 amide bonds. The number of piperidine rings is 1. The molecule has 4 rings (SSSR count). The van der Waals surface area contributed by atoms with Crippen molar-refractivity contribution in [3.05, 3.63) is 82.9 Å². The Bertz CT molecular complexity index is 1130. The number of rotatable bonds is 5. The van der Waals surface area contributed by atoms with Crippen molar-refractivity contribution in [2.24, 2.45) is 13.0 Å². The Morgan fingerprint density at radius 2 is 1.59 bits per heavy atom. The molecule has 0 spiro atoms. The zero-order chi connectivity index (χ0) is 22.7. The third-order valence-electron chi connectivity index (χ3n) is 5.68. The summed E-state index contributed by atoms with van der Waals surface area (Å²) < 4.78 is 1.67. The summed E-state index contributed by atoms with van der Waals surface area (Å²) in [6.45, 7) is 1.05. The highest BCUT2D eigenvalue weighted by Crippen LogP contribution is 2.22. The summed E-state index contributed by atoms with van der Waals surface area (Å²) in [7, 11) is 1.77. The Morgan fingerprint density at radius 3 is 2.19 bits per heavy atom. The summed E-state index contributed by atoms with van der Waals surface area (Å²) in [5.74, 6) is -0.104. The molecular formula is C24H23ClN4O3. The van der Waals surface area contributed by atoms with Crippen molar-refractivity contribution in [2.75, 3.05) is 18.4 Å². The highest BCUT2D eigenvalue weighted by molar-refractivity contribution is 6.30. The van der Waals surface area contributed by atoms with E-state index in [9.17, 15) is 14.4 Å². The fraction of sp³-hybridized carbons (Fsp3) is 0.250. The Balaban J connectivity index is 1.31. The molecule has 1 saturated heterocycles. The molecule has 1 fully saturated rings. The van der Waals surface area contributed by atoms with Crippen molar-refractivity contribution in [3.8, 4) is 0 Å². The van der Waals surface area contributed by atoms with Crippen LogP contribution in [-0.2, 0) is 11.8 Å². The lowest BCUT2D eigenvalue weighted by Crippen LogP contribution is -2.41. The first-order valence-electron chi connectivity index (χ1n) is 10.4. The van der Waals surface area contributed by atoms with Crippen molar-refractivity contribution in [1.82, 2.24) is 14.5 Å². The number of aromatic nitrogens is 2. The predicted octanol–water partition coefficient (Wildman–Crippen LogP) is 3.80. The fourth-order valence-electron chi connectivity index (χ4n) is 3.78. The maximum Gasteiger partial charge on any atom is 0.253 e. The molecule has 1 N–H and O–H groups in total. The van der Waals surface area contributed by atoms with Crippen molar-refractivity contribution >= 4 is 34.9 Å². The Morgan fingerprint density at radius 1 is 0.969 bits per heavy atom. The molecule has 8 heteroatoms. The summed E-state index contributed by atoms with van der Waals surface area (Å²) in [6.07, 6.45) is 4.49. The molecule has 0 atom stereocenters. The fourth-order valence-corrected chi connectivity index (χ4v) is 3.91. The number of nitrogens with one attached hydrogen (secondary N) is 1. The number of carbonyl (C=O) groups is 3. The normalized spacial score (nSPS) is 14.2. The van der Waals surface area contributed by atoms with E-state index in [0.717, 1.165) is 0 Å². The van der Waals surface area contributed by atoms with Crippen LogP contribution in [0.25, 0.3) is 0 Å². The number of hydrogen-bond acceptors (Lipinski definition) is 4. The molecule has 0 bridgehead atoms. The lowest BCUT2D eigenvalue weighted by Gasteiger charge is -2.31. The predicted molar refractivity (Wildman–Crippen MR) is 122 cm³/mol. The van der Waals surface area contributed by atoms with Gasteiger partial charge in [-0.1, -0.05) is 11.6 Å². The van der Waals surface area contributed by atoms with E-state index in [2.05, 4.69) is 10.3 Å². The van der Waals surface area contributed by atoms with E-state index < -0.39 is 0 Å². The van der Waals surface area contributed by atoms with Gasteiger partial charge in [0.1, 0.15) is 0 Å². The molecular weight excluding hydrogens is 428 g/mol. The lowest BCUT2D eigenvalue weighted by atomic mass is 9.95. The lowest BCUT2D eigenvalue weighted by molar-refractivity contribution is -0.121. The summed E-state index contributed by atoms with van der Waals surface area (Å²) in [4.78, 5) is 43.7. The van der Waals surface area contributed by atoms with Gasteiger partial charge in [-0.3, -0.25) is 14.4 Å². The molecule has 7 nitrogen and oxygen atoms in total. The van der Waals surface area contributed by atoms with Crippen LogP contribution in [-0.4, -0.2) is 45.1 Å². The first-order valence-corrected chi connectivity index (χ1v) is 10.8. The molecule has 3 aromatic rings. The molecule has 0 unspecified atom stereocenters. The SMILES string of the molecule is Cn1ccnc1C(=O)c1ccc(NC(=O)C2CCN(C(=O)c3ccc(Cl)cc3)CC2)cc1. The number of carbonyl (C=O) groups excluding carboxylic acids is 3. The Hall–Kier alpha value is -3.45. The van der Waals surface area contributed by atoms with Crippen LogP contribution in [0.2, 0.25) is 5.02 Å². The van der Waals surface area contributed by atoms with Gasteiger partial charge in [0.05, 0.1) is 0 Å². The van der Waals surface area contributed by atoms with Crippen LogP contribution >= 0.6 is 11.6 Å². The van der Waals surface area contributed by atoms with Crippen molar-refractivity contribution < 1.29 is 14.4 Å². The smallest absolute Gasteiger partial charge is 0.253 e. The zero-order valence-electron chi connectivity index (χ0n) is 17.6. The molecule has 164 valence electrons. The highest BCUT2D eigenvalue weighted by Gasteiger charge is 2.28. The van der Waals surface area contributed by atoms with Crippen LogP contribution in [0.1, 0.15) is 39.4 Å². The first kappa shape index (κ1) is 21.8. The van der Waals surface area contributed by atoms with Crippen LogP contribution in [0.15, 0.2) is 60.9 Å². The molecule has 2 heterocycles. The van der Waals surface area contributed by atoms with Crippen molar-refractivity contribution in [2.45, 2.75) is 12.8 Å². The maximum absolute atomic E-state index is 12.7. The van der Waals surface area contributed by atoms with E-state index in [0.29, 0.717) is 53.6 Å². The van der Waals surface area contributed by atoms with Gasteiger partial charge in [0, 0.05) is 60.3 Å². The Labute approximate surface area is 191 Å². The minimum atomic E-state index is -0.173. The van der Waals surface area contributed by atoms with Crippen LogP contribution < -0.4 is 5.32 Å². The van der Waals surface area contributed by atoms with Crippen molar-refractivity contribution in [1.29, 1.82) is 0 Å². The monoisotopic (exact) mass is 450 g/mol. The highest BCUT2D eigenvalue weighted by atomic mass is 35.5. The number of imidazole rings is 1. The number of ketones is 1. The summed E-state index contributed by atoms with van der Waals surface area (Å²) >= 11 is 5.89. The van der Waals surface area contributed by atoms with E-state index in [1.165, 1.54) is 0 Å². The van der Waals surface area contributed by atoms with E-state index >= 15 is 0 Å². The quantitative estimate of drug-likeness (QED) is 0.599. The van der Waals surface area contributed by atoms with Gasteiger partial charge in [0.25, 0.3) is 5.91 Å². The van der Waals surface area contributed by atoms with Gasteiger partial charge in [-0.15, -0.1) is 0 Å². The minimum absolute atomic E-state index is 0.0477. The van der Waals surface area contributed by atoms with Gasteiger partial charge in [-0.2, -0.15) is 0 Å². The molecule has 1 aliphatic rings. The topological polar surface area (TPSA) is 84.3 Å². The van der Waals surface area contributed by atoms with Gasteiger partial charge in [0.2, 0.25) is 11.7 Å². The zero-order valence-corrected chi connectivity index (χ0v) is 18.4. The number of amides is 2. The molecule has 1 aliphatic heterocycles. The van der Waals surface area contributed by atoms with Crippen LogP contribution in [0.4, 0.5) is 5.69 Å². The van der Waals surface area contributed by atoms with Crippen LogP contribution in [0.5, 0.6) is 0 Å². The van der Waals surface area contributed by atoms with Gasteiger partial charge >= 0.3 is 0 Å². The van der Waals surface area contributed by atoms with Crippen LogP contribution in [0.3, 0.4) is 0 Å². The second kappa shape index (κ2) is 9.36. The number of hydrogen-bond donors (Lipinski definition) is 1. The van der Waals surface area contributed by atoms with E-state index in [1.54, 1.807) is 77.4 Å². The molecule has 0 aliphatic carbocycles. The average Bonchev–Trinajstić information content (AvgIpc) is 3.25. The molecule has 0 saturated carbocycles. The van der Waals surface area contributed by atoms with Crippen molar-refractivity contribution in [3.63, 3.8) is 0 Å². The molecule has 0 radical (unpaired) electrons. The number of anilines is 1. The second-order valence-electron chi connectivity index (χ2n) is 7.83. The number of benzene rings is 2. The second-order valence-corrected chi connectivity index (χ2v) is 8.27.